The summed E-state index contributed by atoms with van der Waals surface area (Å²) in [6.45, 7) is 0. The Labute approximate surface area is 338 Å². The van der Waals surface area contributed by atoms with Gasteiger partial charge in [-0.15, -0.1) is 0 Å². The Kier molecular flexibility index (Phi) is 3.76. The van der Waals surface area contributed by atoms with Gasteiger partial charge < -0.3 is 4.74 Å². The third-order valence-electron chi connectivity index (χ3n) is 12.1. The van der Waals surface area contributed by atoms with Gasteiger partial charge in [0.05, 0.1) is 28.6 Å². The maximum Gasteiger partial charge on any atom is 0.132 e. The van der Waals surface area contributed by atoms with Crippen molar-refractivity contribution in [2.75, 3.05) is 0 Å². The Hall–Kier alpha value is -6.96. The van der Waals surface area contributed by atoms with Crippen molar-refractivity contribution in [3.8, 4) is 56.0 Å². The molecule has 13 rings (SSSR count). The summed E-state index contributed by atoms with van der Waals surface area (Å²) in [7, 11) is 0. The predicted molar refractivity (Wildman–Crippen MR) is 223 cm³/mol. The molecule has 1 heterocycles. The van der Waals surface area contributed by atoms with E-state index in [1.54, 1.807) is 6.07 Å². The Morgan fingerprint density at radius 2 is 0.945 bits per heavy atom. The highest BCUT2D eigenvalue weighted by Gasteiger charge is 2.53. The molecule has 55 heavy (non-hydrogen) atoms. The topological polar surface area (TPSA) is 9.23 Å². The number of fused-ring (bicyclic) bond motifs is 21. The monoisotopic (exact) mass is 709 g/mol. The molecule has 0 N–H and O–H groups in total. The quantitative estimate of drug-likeness (QED) is 0.165. The average Bonchev–Trinajstić information content (AvgIpc) is 3.94. The first kappa shape index (κ1) is 19.9. The zero-order chi connectivity index (χ0) is 47.2. The van der Waals surface area contributed by atoms with Crippen molar-refractivity contribution in [3.05, 3.63) is 238 Å². The predicted octanol–water partition coefficient (Wildman–Crippen LogP) is 13.3. The van der Waals surface area contributed by atoms with Crippen LogP contribution in [0.2, 0.25) is 0 Å². The molecular weight excluding hydrogens is 665 g/mol. The molecule has 254 valence electrons. The summed E-state index contributed by atoms with van der Waals surface area (Å²) in [5.41, 5.74) is 5.87. The van der Waals surface area contributed by atoms with Crippen LogP contribution in [0.1, 0.15) is 62.3 Å². The molecule has 4 aliphatic rings. The highest BCUT2D eigenvalue weighted by Crippen LogP contribution is 2.65. The maximum absolute atomic E-state index is 10.4. The average molecular weight is 710 g/mol. The van der Waals surface area contributed by atoms with Gasteiger partial charge in [0.2, 0.25) is 0 Å². The van der Waals surface area contributed by atoms with E-state index in [1.807, 2.05) is 109 Å². The van der Waals surface area contributed by atoms with Gasteiger partial charge in [-0.3, -0.25) is 0 Å². The third-order valence-corrected chi connectivity index (χ3v) is 12.1. The van der Waals surface area contributed by atoms with Crippen molar-refractivity contribution >= 4 is 10.8 Å². The number of hydrogen-bond donors (Lipinski definition) is 0. The van der Waals surface area contributed by atoms with Gasteiger partial charge in [-0.25, -0.2) is 0 Å². The largest absolute Gasteiger partial charge is 0.457 e. The maximum atomic E-state index is 10.4. The van der Waals surface area contributed by atoms with Gasteiger partial charge in [0, 0.05) is 11.1 Å². The molecule has 0 aromatic heterocycles. The molecule has 0 bridgehead atoms. The van der Waals surface area contributed by atoms with Crippen molar-refractivity contribution in [3.63, 3.8) is 0 Å². The second kappa shape index (κ2) is 10.4. The SMILES string of the molecule is [2H]c1c([2H])c([2H])c2c(c1[2H])Oc1c([2H])c([2H])c(-c3ccc4c(c3)C3(c5ccccc5-4)c4ccccc4-c4c3c([2H])c([2H])c3c([2H])c([2H])c([2H])c([2H])c43)c([2H])c1C21c2ccccc2-c2ccccc21. The lowest BCUT2D eigenvalue weighted by atomic mass is 9.65. The summed E-state index contributed by atoms with van der Waals surface area (Å²) < 4.78 is 127. The normalized spacial score (nSPS) is 20.0. The molecule has 1 aliphatic heterocycles. The smallest absolute Gasteiger partial charge is 0.132 e. The van der Waals surface area contributed by atoms with Crippen LogP contribution < -0.4 is 4.74 Å². The van der Waals surface area contributed by atoms with Crippen LogP contribution in [-0.2, 0) is 10.8 Å². The van der Waals surface area contributed by atoms with Crippen LogP contribution in [0.25, 0.3) is 55.3 Å². The zero-order valence-corrected chi connectivity index (χ0v) is 28.9. The van der Waals surface area contributed by atoms with E-state index in [-0.39, 0.29) is 81.3 Å². The Morgan fingerprint density at radius 3 is 1.67 bits per heavy atom. The molecule has 0 saturated carbocycles. The van der Waals surface area contributed by atoms with E-state index in [2.05, 4.69) is 0 Å². The summed E-state index contributed by atoms with van der Waals surface area (Å²) in [5.74, 6) is -0.335. The summed E-state index contributed by atoms with van der Waals surface area (Å²) in [6.07, 6.45) is 0. The molecule has 1 nitrogen and oxygen atoms in total. The summed E-state index contributed by atoms with van der Waals surface area (Å²) >= 11 is 0. The minimum Gasteiger partial charge on any atom is -0.457 e. The molecule has 1 heteroatoms. The highest BCUT2D eigenvalue weighted by molar-refractivity contribution is 6.06. The van der Waals surface area contributed by atoms with Gasteiger partial charge in [0.15, 0.2) is 0 Å². The lowest BCUT2D eigenvalue weighted by Gasteiger charge is -2.39. The Balaban J connectivity index is 1.16. The lowest BCUT2D eigenvalue weighted by molar-refractivity contribution is 0.436. The molecule has 2 spiro atoms. The van der Waals surface area contributed by atoms with Gasteiger partial charge in [-0.1, -0.05) is 170 Å². The van der Waals surface area contributed by atoms with Crippen molar-refractivity contribution < 1.29 is 22.6 Å². The molecule has 9 aromatic rings. The molecule has 0 saturated heterocycles. The van der Waals surface area contributed by atoms with Crippen LogP contribution in [0, 0.1) is 0 Å². The van der Waals surface area contributed by atoms with Crippen LogP contribution in [-0.4, -0.2) is 0 Å². The Bertz CT molecular complexity index is 3850. The second-order valence-corrected chi connectivity index (χ2v) is 14.5. The fraction of sp³-hybridized carbons (Fsp3) is 0.0370. The molecule has 1 atom stereocenters. The molecule has 0 amide bonds. The van der Waals surface area contributed by atoms with Crippen molar-refractivity contribution in [1.82, 2.24) is 0 Å². The third kappa shape index (κ3) is 3.46. The molecule has 1 unspecified atom stereocenters. The first-order valence-corrected chi connectivity index (χ1v) is 18.2. The molecule has 0 radical (unpaired) electrons. The van der Waals surface area contributed by atoms with E-state index < -0.39 is 47.1 Å². The summed E-state index contributed by atoms with van der Waals surface area (Å²) in [5, 5.41) is 0.105. The highest BCUT2D eigenvalue weighted by atomic mass is 16.5. The minimum absolute atomic E-state index is 0.0424. The van der Waals surface area contributed by atoms with Crippen molar-refractivity contribution in [2.45, 2.75) is 10.8 Å². The fourth-order valence-corrected chi connectivity index (χ4v) is 10.1. The fourth-order valence-electron chi connectivity index (χ4n) is 10.1. The van der Waals surface area contributed by atoms with E-state index in [9.17, 15) is 9.60 Å². The van der Waals surface area contributed by atoms with Crippen molar-refractivity contribution in [1.29, 1.82) is 0 Å². The summed E-state index contributed by atoms with van der Waals surface area (Å²) in [6, 6.07) is 31.0. The van der Waals surface area contributed by atoms with Crippen LogP contribution in [0.4, 0.5) is 0 Å². The van der Waals surface area contributed by atoms with Crippen LogP contribution in [0.5, 0.6) is 11.5 Å². The van der Waals surface area contributed by atoms with E-state index in [0.717, 1.165) is 33.4 Å². The summed E-state index contributed by atoms with van der Waals surface area (Å²) in [4.78, 5) is 0. The Morgan fingerprint density at radius 1 is 0.382 bits per heavy atom. The van der Waals surface area contributed by atoms with Gasteiger partial charge in [-0.05, 0) is 113 Å². The molecule has 3 aliphatic carbocycles. The lowest BCUT2D eigenvalue weighted by Crippen LogP contribution is -2.32. The van der Waals surface area contributed by atoms with E-state index in [0.29, 0.717) is 38.9 Å². The second-order valence-electron chi connectivity index (χ2n) is 14.5. The molecule has 9 aromatic carbocycles. The van der Waals surface area contributed by atoms with Crippen molar-refractivity contribution in [2.24, 2.45) is 0 Å². The number of benzene rings is 9. The zero-order valence-electron chi connectivity index (χ0n) is 41.9. The number of hydrogen-bond acceptors (Lipinski definition) is 1. The number of rotatable bonds is 1. The van der Waals surface area contributed by atoms with E-state index in [1.165, 1.54) is 0 Å². The van der Waals surface area contributed by atoms with Crippen LogP contribution in [0.15, 0.2) is 194 Å². The number of ether oxygens (including phenoxy) is 1. The van der Waals surface area contributed by atoms with Crippen LogP contribution >= 0.6 is 0 Å². The van der Waals surface area contributed by atoms with Gasteiger partial charge in [0.25, 0.3) is 0 Å². The standard InChI is InChI=1S/C54H32O/c1-2-14-36-33(13-1)26-29-47-52(36)41-18-6-10-22-45(41)54(47)44-21-9-5-17-39(44)40-28-25-34(31-48(40)54)35-27-30-51-49(32-35)53(46-23-11-12-24-50(46)55-51)42-19-7-3-15-37(42)38-16-4-8-20-43(38)53/h1-32H/i1D,2D,11D,12D,13D,14D,23D,24D,26D,27D,29D,30D,32D. The number of para-hydroxylation sites is 1. The van der Waals surface area contributed by atoms with E-state index in [4.69, 9.17) is 13.0 Å². The van der Waals surface area contributed by atoms with Crippen LogP contribution in [0.3, 0.4) is 0 Å². The minimum atomic E-state index is -1.59. The van der Waals surface area contributed by atoms with Gasteiger partial charge in [0.1, 0.15) is 11.5 Å². The molecule has 0 fully saturated rings. The van der Waals surface area contributed by atoms with Gasteiger partial charge >= 0.3 is 0 Å². The van der Waals surface area contributed by atoms with Gasteiger partial charge in [-0.2, -0.15) is 0 Å². The molecular formula is C54H32O. The first-order chi connectivity index (χ1) is 32.7. The van der Waals surface area contributed by atoms with E-state index >= 15 is 0 Å². The first-order valence-electron chi connectivity index (χ1n) is 24.7.